The van der Waals surface area contributed by atoms with Crippen LogP contribution in [-0.4, -0.2) is 15.7 Å². The molecule has 0 aliphatic carbocycles. The maximum atomic E-state index is 11.8. The number of hydrogen-bond donors (Lipinski definition) is 1. The van der Waals surface area contributed by atoms with Crippen LogP contribution in [0.4, 0.5) is 5.69 Å². The van der Waals surface area contributed by atoms with Gasteiger partial charge in [0.2, 0.25) is 5.91 Å². The summed E-state index contributed by atoms with van der Waals surface area (Å²) >= 11 is 0. The summed E-state index contributed by atoms with van der Waals surface area (Å²) in [5, 5.41) is 6.54. The van der Waals surface area contributed by atoms with E-state index in [1.165, 1.54) is 23.9 Å². The number of rotatable bonds is 3. The zero-order valence-electron chi connectivity index (χ0n) is 9.96. The van der Waals surface area contributed by atoms with Crippen LogP contribution in [0.1, 0.15) is 12.5 Å². The summed E-state index contributed by atoms with van der Waals surface area (Å²) in [6.45, 7) is 1.80. The van der Waals surface area contributed by atoms with Gasteiger partial charge in [-0.3, -0.25) is 9.59 Å². The smallest absolute Gasteiger partial charge is 0.269 e. The minimum atomic E-state index is -0.245. The molecular formula is C13H13N3O2. The fraction of sp³-hybridized carbons (Fsp3) is 0.154. The Bertz CT molecular complexity index is 605. The Morgan fingerprint density at radius 2 is 2.06 bits per heavy atom. The average Bonchev–Trinajstić information content (AvgIpc) is 2.33. The van der Waals surface area contributed by atoms with Gasteiger partial charge in [0, 0.05) is 13.0 Å². The summed E-state index contributed by atoms with van der Waals surface area (Å²) in [7, 11) is 0. The summed E-state index contributed by atoms with van der Waals surface area (Å²) in [5.74, 6) is -0.225. The van der Waals surface area contributed by atoms with E-state index in [2.05, 4.69) is 10.4 Å². The second kappa shape index (κ2) is 5.27. The van der Waals surface area contributed by atoms with Gasteiger partial charge in [-0.05, 0) is 5.56 Å². The maximum absolute atomic E-state index is 11.8. The molecular weight excluding hydrogens is 230 g/mol. The predicted molar refractivity (Wildman–Crippen MR) is 68.3 cm³/mol. The van der Waals surface area contributed by atoms with E-state index in [-0.39, 0.29) is 11.5 Å². The fourth-order valence-electron chi connectivity index (χ4n) is 1.58. The highest BCUT2D eigenvalue weighted by molar-refractivity contribution is 5.88. The van der Waals surface area contributed by atoms with Crippen molar-refractivity contribution in [3.8, 4) is 0 Å². The number of carbonyl (C=O) groups is 1. The van der Waals surface area contributed by atoms with E-state index in [1.807, 2.05) is 30.3 Å². The molecule has 0 saturated carbocycles. The van der Waals surface area contributed by atoms with Gasteiger partial charge in [0.15, 0.2) is 0 Å². The van der Waals surface area contributed by atoms with E-state index < -0.39 is 0 Å². The van der Waals surface area contributed by atoms with Gasteiger partial charge in [0.1, 0.15) is 0 Å². The van der Waals surface area contributed by atoms with Gasteiger partial charge in [-0.2, -0.15) is 5.10 Å². The molecule has 0 fully saturated rings. The minimum Gasteiger partial charge on any atom is -0.325 e. The summed E-state index contributed by atoms with van der Waals surface area (Å²) in [6, 6.07) is 10.9. The molecule has 0 radical (unpaired) electrons. The first kappa shape index (κ1) is 12.0. The highest BCUT2D eigenvalue weighted by atomic mass is 16.1. The van der Waals surface area contributed by atoms with Crippen molar-refractivity contribution < 1.29 is 4.79 Å². The standard InChI is InChI=1S/C13H13N3O2/c1-10(17)15-12-7-13(18)16(14-8-12)9-11-5-3-2-4-6-11/h2-8H,9H2,1H3,(H,15,17). The van der Waals surface area contributed by atoms with Crippen LogP contribution in [0, 0.1) is 0 Å². The summed E-state index contributed by atoms with van der Waals surface area (Å²) in [5.41, 5.74) is 1.17. The molecule has 0 aliphatic rings. The SMILES string of the molecule is CC(=O)Nc1cnn(Cc2ccccc2)c(=O)c1. The topological polar surface area (TPSA) is 64.0 Å². The van der Waals surface area contributed by atoms with Gasteiger partial charge in [-0.15, -0.1) is 0 Å². The molecule has 5 heteroatoms. The number of anilines is 1. The second-order valence-electron chi connectivity index (χ2n) is 3.91. The lowest BCUT2D eigenvalue weighted by Gasteiger charge is -2.06. The summed E-state index contributed by atoms with van der Waals surface area (Å²) < 4.78 is 1.35. The third-order valence-corrected chi connectivity index (χ3v) is 2.37. The van der Waals surface area contributed by atoms with Crippen molar-refractivity contribution in [3.63, 3.8) is 0 Å². The number of hydrogen-bond acceptors (Lipinski definition) is 3. The van der Waals surface area contributed by atoms with Crippen molar-refractivity contribution in [2.75, 3.05) is 5.32 Å². The molecule has 0 atom stereocenters. The number of nitrogens with zero attached hydrogens (tertiary/aromatic N) is 2. The van der Waals surface area contributed by atoms with Crippen LogP contribution in [0.2, 0.25) is 0 Å². The molecule has 1 amide bonds. The molecule has 18 heavy (non-hydrogen) atoms. The van der Waals surface area contributed by atoms with Crippen molar-refractivity contribution in [2.24, 2.45) is 0 Å². The normalized spacial score (nSPS) is 10.1. The van der Waals surface area contributed by atoms with Crippen LogP contribution in [0.5, 0.6) is 0 Å². The molecule has 1 N–H and O–H groups in total. The van der Waals surface area contributed by atoms with Crippen LogP contribution in [0.3, 0.4) is 0 Å². The number of carbonyl (C=O) groups excluding carboxylic acids is 1. The van der Waals surface area contributed by atoms with E-state index in [0.29, 0.717) is 12.2 Å². The number of aromatic nitrogens is 2. The van der Waals surface area contributed by atoms with Crippen LogP contribution in [0.15, 0.2) is 47.4 Å². The highest BCUT2D eigenvalue weighted by Gasteiger charge is 2.02. The van der Waals surface area contributed by atoms with E-state index >= 15 is 0 Å². The minimum absolute atomic E-state index is 0.225. The molecule has 92 valence electrons. The summed E-state index contributed by atoms with van der Waals surface area (Å²) in [4.78, 5) is 22.6. The van der Waals surface area contributed by atoms with E-state index in [1.54, 1.807) is 0 Å². The van der Waals surface area contributed by atoms with Crippen molar-refractivity contribution in [3.05, 3.63) is 58.5 Å². The predicted octanol–water partition coefficient (Wildman–Crippen LogP) is 1.25. The zero-order chi connectivity index (χ0) is 13.0. The molecule has 0 aliphatic heterocycles. The van der Waals surface area contributed by atoms with Crippen molar-refractivity contribution in [2.45, 2.75) is 13.5 Å². The first-order valence-electron chi connectivity index (χ1n) is 5.54. The largest absolute Gasteiger partial charge is 0.325 e. The van der Waals surface area contributed by atoms with Crippen LogP contribution in [-0.2, 0) is 11.3 Å². The molecule has 1 aromatic carbocycles. The Morgan fingerprint density at radius 1 is 1.33 bits per heavy atom. The lowest BCUT2D eigenvalue weighted by molar-refractivity contribution is -0.114. The lowest BCUT2D eigenvalue weighted by atomic mass is 10.2. The molecule has 1 aromatic heterocycles. The van der Waals surface area contributed by atoms with Gasteiger partial charge in [-0.25, -0.2) is 4.68 Å². The van der Waals surface area contributed by atoms with Gasteiger partial charge in [0.05, 0.1) is 18.4 Å². The highest BCUT2D eigenvalue weighted by Crippen LogP contribution is 2.02. The van der Waals surface area contributed by atoms with E-state index in [4.69, 9.17) is 0 Å². The number of amides is 1. The van der Waals surface area contributed by atoms with Crippen molar-refractivity contribution in [1.29, 1.82) is 0 Å². The van der Waals surface area contributed by atoms with Gasteiger partial charge >= 0.3 is 0 Å². The lowest BCUT2D eigenvalue weighted by Crippen LogP contribution is -2.23. The van der Waals surface area contributed by atoms with Gasteiger partial charge in [-0.1, -0.05) is 30.3 Å². The van der Waals surface area contributed by atoms with Crippen molar-refractivity contribution in [1.82, 2.24) is 9.78 Å². The second-order valence-corrected chi connectivity index (χ2v) is 3.91. The molecule has 0 unspecified atom stereocenters. The Kier molecular flexibility index (Phi) is 3.52. The quantitative estimate of drug-likeness (QED) is 0.882. The molecule has 0 spiro atoms. The molecule has 2 rings (SSSR count). The third-order valence-electron chi connectivity index (χ3n) is 2.37. The van der Waals surface area contributed by atoms with Gasteiger partial charge < -0.3 is 5.32 Å². The Hall–Kier alpha value is -2.43. The molecule has 0 bridgehead atoms. The van der Waals surface area contributed by atoms with Gasteiger partial charge in [0.25, 0.3) is 5.56 Å². The third kappa shape index (κ3) is 3.04. The van der Waals surface area contributed by atoms with Crippen LogP contribution < -0.4 is 10.9 Å². The summed E-state index contributed by atoms with van der Waals surface area (Å²) in [6.07, 6.45) is 1.46. The van der Waals surface area contributed by atoms with Crippen molar-refractivity contribution >= 4 is 11.6 Å². The number of benzene rings is 1. The van der Waals surface area contributed by atoms with E-state index in [0.717, 1.165) is 5.56 Å². The Labute approximate surface area is 104 Å². The monoisotopic (exact) mass is 243 g/mol. The molecule has 0 saturated heterocycles. The Morgan fingerprint density at radius 3 is 2.67 bits per heavy atom. The molecule has 2 aromatic rings. The maximum Gasteiger partial charge on any atom is 0.269 e. The zero-order valence-corrected chi connectivity index (χ0v) is 9.96. The number of nitrogens with one attached hydrogen (secondary N) is 1. The van der Waals surface area contributed by atoms with Crippen LogP contribution >= 0.6 is 0 Å². The van der Waals surface area contributed by atoms with E-state index in [9.17, 15) is 9.59 Å². The molecule has 1 heterocycles. The first-order chi connectivity index (χ1) is 8.65. The van der Waals surface area contributed by atoms with Crippen LogP contribution in [0.25, 0.3) is 0 Å². The Balaban J connectivity index is 2.20. The first-order valence-corrected chi connectivity index (χ1v) is 5.54. The molecule has 5 nitrogen and oxygen atoms in total. The average molecular weight is 243 g/mol. The fourth-order valence-corrected chi connectivity index (χ4v) is 1.58.